The lowest BCUT2D eigenvalue weighted by molar-refractivity contribution is -0.115. The van der Waals surface area contributed by atoms with E-state index < -0.39 is 0 Å². The van der Waals surface area contributed by atoms with Gasteiger partial charge in [0.05, 0.1) is 9.93 Å². The van der Waals surface area contributed by atoms with Crippen molar-refractivity contribution >= 4 is 52.1 Å². The van der Waals surface area contributed by atoms with Gasteiger partial charge in [-0.3, -0.25) is 10.2 Å². The van der Waals surface area contributed by atoms with Crippen molar-refractivity contribution in [3.8, 4) is 11.3 Å². The highest BCUT2D eigenvalue weighted by atomic mass is 35.5. The van der Waals surface area contributed by atoms with Gasteiger partial charge in [-0.05, 0) is 42.1 Å². The topological polar surface area (TPSA) is 66.1 Å². The fourth-order valence-corrected chi connectivity index (χ4v) is 2.90. The third-order valence-corrected chi connectivity index (χ3v) is 4.15. The molecule has 2 aromatic rings. The molecule has 106 valence electrons. The lowest BCUT2D eigenvalue weighted by Crippen LogP contribution is -2.18. The zero-order valence-electron chi connectivity index (χ0n) is 10.4. The Balaban J connectivity index is 1.94. The van der Waals surface area contributed by atoms with Crippen LogP contribution < -0.4 is 5.32 Å². The van der Waals surface area contributed by atoms with Crippen LogP contribution in [-0.2, 0) is 4.79 Å². The van der Waals surface area contributed by atoms with Crippen molar-refractivity contribution in [2.45, 2.75) is 0 Å². The fraction of sp³-hybridized carbons (Fsp3) is 0. The van der Waals surface area contributed by atoms with Crippen LogP contribution in [0, 0.1) is 5.41 Å². The molecule has 0 unspecified atom stereocenters. The molecule has 7 heteroatoms. The number of benzene rings is 1. The second-order valence-electron chi connectivity index (χ2n) is 4.22. The molecule has 3 rings (SSSR count). The zero-order valence-corrected chi connectivity index (χ0v) is 12.8. The van der Waals surface area contributed by atoms with Crippen molar-refractivity contribution < 1.29 is 9.21 Å². The van der Waals surface area contributed by atoms with Crippen LogP contribution in [-0.4, -0.2) is 11.1 Å². The van der Waals surface area contributed by atoms with E-state index in [-0.39, 0.29) is 11.1 Å². The number of hydrogen-bond donors (Lipinski definition) is 2. The number of amides is 1. The van der Waals surface area contributed by atoms with Crippen LogP contribution in [0.4, 0.5) is 0 Å². The lowest BCUT2D eigenvalue weighted by Gasteiger charge is -2.01. The van der Waals surface area contributed by atoms with Gasteiger partial charge in [-0.1, -0.05) is 23.2 Å². The van der Waals surface area contributed by atoms with Crippen LogP contribution in [0.3, 0.4) is 0 Å². The summed E-state index contributed by atoms with van der Waals surface area (Å²) in [5.41, 5.74) is 0.685. The minimum absolute atomic E-state index is 0.107. The van der Waals surface area contributed by atoms with Gasteiger partial charge in [-0.25, -0.2) is 0 Å². The molecule has 0 spiro atoms. The number of nitrogens with one attached hydrogen (secondary N) is 2. The predicted molar refractivity (Wildman–Crippen MR) is 85.6 cm³/mol. The Bertz CT molecular complexity index is 783. The van der Waals surface area contributed by atoms with Gasteiger partial charge in [-0.2, -0.15) is 0 Å². The Kier molecular flexibility index (Phi) is 3.80. The van der Waals surface area contributed by atoms with Crippen molar-refractivity contribution in [3.63, 3.8) is 0 Å². The van der Waals surface area contributed by atoms with Crippen molar-refractivity contribution in [3.05, 3.63) is 51.0 Å². The molecule has 21 heavy (non-hydrogen) atoms. The summed E-state index contributed by atoms with van der Waals surface area (Å²) in [7, 11) is 0. The maximum atomic E-state index is 11.5. The highest BCUT2D eigenvalue weighted by Gasteiger charge is 2.22. The smallest absolute Gasteiger partial charge is 0.264 e. The monoisotopic (exact) mass is 338 g/mol. The second kappa shape index (κ2) is 5.60. The number of carbonyl (C=O) groups excluding carboxylic acids is 1. The summed E-state index contributed by atoms with van der Waals surface area (Å²) in [6.45, 7) is 0. The minimum atomic E-state index is -0.302. The van der Waals surface area contributed by atoms with Crippen molar-refractivity contribution in [1.29, 1.82) is 5.41 Å². The first kappa shape index (κ1) is 14.3. The van der Waals surface area contributed by atoms with Crippen molar-refractivity contribution in [2.75, 3.05) is 0 Å². The van der Waals surface area contributed by atoms with Crippen LogP contribution in [0.15, 0.2) is 39.7 Å². The average molecular weight is 339 g/mol. The summed E-state index contributed by atoms with van der Waals surface area (Å²) in [6.07, 6.45) is 1.59. The molecule has 0 atom stereocenters. The maximum absolute atomic E-state index is 11.5. The van der Waals surface area contributed by atoms with Gasteiger partial charge in [0.15, 0.2) is 5.17 Å². The Morgan fingerprint density at radius 3 is 2.76 bits per heavy atom. The molecule has 1 fully saturated rings. The molecule has 4 nitrogen and oxygen atoms in total. The second-order valence-corrected chi connectivity index (χ2v) is 6.12. The Hall–Kier alpha value is -1.69. The molecular formula is C14H8Cl2N2O2S. The molecule has 1 aromatic heterocycles. The Morgan fingerprint density at radius 2 is 2.05 bits per heavy atom. The number of halogens is 2. The highest BCUT2D eigenvalue weighted by Crippen LogP contribution is 2.33. The van der Waals surface area contributed by atoms with E-state index >= 15 is 0 Å². The first-order valence-electron chi connectivity index (χ1n) is 5.87. The molecule has 0 saturated carbocycles. The SMILES string of the molecule is N=C1NC(=O)C(=Cc2ccc(-c3cc(Cl)ccc3Cl)o2)S1. The van der Waals surface area contributed by atoms with E-state index in [1.165, 1.54) is 0 Å². The summed E-state index contributed by atoms with van der Waals surface area (Å²) in [5, 5.41) is 11.0. The van der Waals surface area contributed by atoms with Crippen LogP contribution in [0.2, 0.25) is 10.0 Å². The molecule has 2 heterocycles. The van der Waals surface area contributed by atoms with Gasteiger partial charge < -0.3 is 9.73 Å². The van der Waals surface area contributed by atoms with Gasteiger partial charge in [0.2, 0.25) is 0 Å². The van der Waals surface area contributed by atoms with Crippen LogP contribution in [0.1, 0.15) is 5.76 Å². The van der Waals surface area contributed by atoms with E-state index in [1.807, 2.05) is 0 Å². The van der Waals surface area contributed by atoms with E-state index in [9.17, 15) is 4.79 Å². The minimum Gasteiger partial charge on any atom is -0.457 e. The molecule has 1 aliphatic rings. The first-order chi connectivity index (χ1) is 10.0. The zero-order chi connectivity index (χ0) is 15.0. The molecule has 0 radical (unpaired) electrons. The predicted octanol–water partition coefficient (Wildman–Crippen LogP) is 4.39. The molecule has 0 bridgehead atoms. The highest BCUT2D eigenvalue weighted by molar-refractivity contribution is 8.18. The van der Waals surface area contributed by atoms with Gasteiger partial charge in [0.1, 0.15) is 11.5 Å². The van der Waals surface area contributed by atoms with Gasteiger partial charge in [0.25, 0.3) is 5.91 Å². The van der Waals surface area contributed by atoms with Crippen LogP contribution in [0.25, 0.3) is 17.4 Å². The van der Waals surface area contributed by atoms with Crippen LogP contribution >= 0.6 is 35.0 Å². The summed E-state index contributed by atoms with van der Waals surface area (Å²) < 4.78 is 5.67. The van der Waals surface area contributed by atoms with E-state index in [1.54, 1.807) is 36.4 Å². The summed E-state index contributed by atoms with van der Waals surface area (Å²) in [5.74, 6) is 0.768. The molecule has 1 saturated heterocycles. The largest absolute Gasteiger partial charge is 0.457 e. The Labute approximate surface area is 134 Å². The number of hydrogen-bond acceptors (Lipinski definition) is 4. The molecule has 0 aliphatic carbocycles. The number of thioether (sulfide) groups is 1. The number of carbonyl (C=O) groups is 1. The first-order valence-corrected chi connectivity index (χ1v) is 7.45. The quantitative estimate of drug-likeness (QED) is 0.798. The standard InChI is InChI=1S/C14H8Cl2N2O2S/c15-7-1-3-10(16)9(5-7)11-4-2-8(20-11)6-12-13(19)18-14(17)21-12/h1-6H,(H2,17,18,19). The summed E-state index contributed by atoms with van der Waals surface area (Å²) >= 11 is 13.1. The van der Waals surface area contributed by atoms with E-state index in [0.717, 1.165) is 11.8 Å². The van der Waals surface area contributed by atoms with Gasteiger partial charge >= 0.3 is 0 Å². The molecular weight excluding hydrogens is 331 g/mol. The number of amidine groups is 1. The van der Waals surface area contributed by atoms with E-state index in [0.29, 0.717) is 32.0 Å². The molecule has 2 N–H and O–H groups in total. The number of furan rings is 1. The lowest BCUT2D eigenvalue weighted by atomic mass is 10.2. The summed E-state index contributed by atoms with van der Waals surface area (Å²) in [6, 6.07) is 8.60. The number of rotatable bonds is 2. The van der Waals surface area contributed by atoms with Crippen molar-refractivity contribution in [1.82, 2.24) is 5.32 Å². The Morgan fingerprint density at radius 1 is 1.24 bits per heavy atom. The third-order valence-electron chi connectivity index (χ3n) is 2.76. The summed E-state index contributed by atoms with van der Waals surface area (Å²) in [4.78, 5) is 12.0. The van der Waals surface area contributed by atoms with Crippen LogP contribution in [0.5, 0.6) is 0 Å². The average Bonchev–Trinajstić information content (AvgIpc) is 3.00. The molecule has 1 amide bonds. The maximum Gasteiger partial charge on any atom is 0.264 e. The van der Waals surface area contributed by atoms with Gasteiger partial charge in [-0.15, -0.1) is 0 Å². The third kappa shape index (κ3) is 3.00. The molecule has 1 aliphatic heterocycles. The molecule has 1 aromatic carbocycles. The van der Waals surface area contributed by atoms with Gasteiger partial charge in [0, 0.05) is 16.7 Å². The van der Waals surface area contributed by atoms with Crippen molar-refractivity contribution in [2.24, 2.45) is 0 Å². The van der Waals surface area contributed by atoms with E-state index in [2.05, 4.69) is 5.32 Å². The van der Waals surface area contributed by atoms with E-state index in [4.69, 9.17) is 33.0 Å². The normalized spacial score (nSPS) is 16.6. The fourth-order valence-electron chi connectivity index (χ4n) is 1.83.